The van der Waals surface area contributed by atoms with Crippen molar-refractivity contribution in [2.75, 3.05) is 6.54 Å². The third-order valence-electron chi connectivity index (χ3n) is 3.81. The summed E-state index contributed by atoms with van der Waals surface area (Å²) >= 11 is 0. The summed E-state index contributed by atoms with van der Waals surface area (Å²) in [6.45, 7) is 2.81. The van der Waals surface area contributed by atoms with E-state index in [2.05, 4.69) is 0 Å². The molecule has 0 aliphatic carbocycles. The zero-order valence-electron chi connectivity index (χ0n) is 11.8. The molecular formula is C16H21NO3. The molecule has 1 aliphatic rings. The number of hydrogen-bond donors (Lipinski definition) is 0. The van der Waals surface area contributed by atoms with Gasteiger partial charge in [0.15, 0.2) is 0 Å². The number of carbonyl (C=O) groups excluding carboxylic acids is 2. The number of amides is 1. The van der Waals surface area contributed by atoms with Crippen LogP contribution in [0, 0.1) is 5.92 Å². The Kier molecular flexibility index (Phi) is 5.16. The largest absolute Gasteiger partial charge is 0.445 e. The van der Waals surface area contributed by atoms with Crippen molar-refractivity contribution in [3.8, 4) is 0 Å². The molecule has 0 unspecified atom stereocenters. The molecule has 1 aromatic carbocycles. The second kappa shape index (κ2) is 7.08. The minimum Gasteiger partial charge on any atom is -0.445 e. The first-order chi connectivity index (χ1) is 9.72. The van der Waals surface area contributed by atoms with Gasteiger partial charge in [-0.1, -0.05) is 37.3 Å². The molecule has 1 aromatic rings. The zero-order chi connectivity index (χ0) is 14.4. The van der Waals surface area contributed by atoms with Gasteiger partial charge in [0.25, 0.3) is 0 Å². The molecule has 4 nitrogen and oxygen atoms in total. The molecule has 4 heteroatoms. The highest BCUT2D eigenvalue weighted by Crippen LogP contribution is 2.23. The fraction of sp³-hybridized carbons (Fsp3) is 0.500. The lowest BCUT2D eigenvalue weighted by Gasteiger charge is -2.36. The molecule has 0 saturated carbocycles. The van der Waals surface area contributed by atoms with E-state index in [0.29, 0.717) is 6.54 Å². The topological polar surface area (TPSA) is 46.6 Å². The second-order valence-corrected chi connectivity index (χ2v) is 5.29. The predicted molar refractivity (Wildman–Crippen MR) is 76.2 cm³/mol. The fourth-order valence-electron chi connectivity index (χ4n) is 2.62. The third kappa shape index (κ3) is 3.59. The SMILES string of the molecule is C[C@H](C=O)[C@@H]1CCCCN1C(=O)OCc1ccccc1. The van der Waals surface area contributed by atoms with Crippen molar-refractivity contribution in [2.45, 2.75) is 38.8 Å². The Morgan fingerprint density at radius 1 is 1.40 bits per heavy atom. The molecule has 1 fully saturated rings. The average molecular weight is 275 g/mol. The van der Waals surface area contributed by atoms with E-state index in [-0.39, 0.29) is 24.7 Å². The Morgan fingerprint density at radius 2 is 2.15 bits per heavy atom. The quantitative estimate of drug-likeness (QED) is 0.793. The summed E-state index contributed by atoms with van der Waals surface area (Å²) in [6, 6.07) is 9.59. The van der Waals surface area contributed by atoms with E-state index < -0.39 is 0 Å². The Balaban J connectivity index is 1.94. The summed E-state index contributed by atoms with van der Waals surface area (Å²) in [4.78, 5) is 24.9. The maximum absolute atomic E-state index is 12.2. The predicted octanol–water partition coefficient (Wildman–Crippen LogP) is 3.01. The van der Waals surface area contributed by atoms with Crippen LogP contribution in [0.5, 0.6) is 0 Å². The highest BCUT2D eigenvalue weighted by Gasteiger charge is 2.31. The summed E-state index contributed by atoms with van der Waals surface area (Å²) in [7, 11) is 0. The maximum Gasteiger partial charge on any atom is 0.410 e. The Bertz CT molecular complexity index is 446. The van der Waals surface area contributed by atoms with E-state index >= 15 is 0 Å². The summed E-state index contributed by atoms with van der Waals surface area (Å²) in [5.74, 6) is -0.139. The molecule has 2 rings (SSSR count). The van der Waals surface area contributed by atoms with Crippen molar-refractivity contribution in [1.29, 1.82) is 0 Å². The summed E-state index contributed by atoms with van der Waals surface area (Å²) in [5.41, 5.74) is 0.970. The highest BCUT2D eigenvalue weighted by molar-refractivity contribution is 5.69. The molecule has 1 heterocycles. The summed E-state index contributed by atoms with van der Waals surface area (Å²) in [5, 5.41) is 0. The van der Waals surface area contributed by atoms with Gasteiger partial charge in [-0.3, -0.25) is 0 Å². The van der Waals surface area contributed by atoms with Crippen LogP contribution in [-0.2, 0) is 16.1 Å². The second-order valence-electron chi connectivity index (χ2n) is 5.29. The molecule has 1 aliphatic heterocycles. The molecule has 2 atom stereocenters. The molecule has 0 radical (unpaired) electrons. The lowest BCUT2D eigenvalue weighted by atomic mass is 9.93. The molecule has 20 heavy (non-hydrogen) atoms. The summed E-state index contributed by atoms with van der Waals surface area (Å²) < 4.78 is 5.36. The van der Waals surface area contributed by atoms with E-state index in [1.165, 1.54) is 0 Å². The molecule has 0 aromatic heterocycles. The number of aldehydes is 1. The first-order valence-electron chi connectivity index (χ1n) is 7.15. The molecule has 1 saturated heterocycles. The van der Waals surface area contributed by atoms with Crippen molar-refractivity contribution in [3.05, 3.63) is 35.9 Å². The number of piperidine rings is 1. The van der Waals surface area contributed by atoms with Gasteiger partial charge in [-0.15, -0.1) is 0 Å². The normalized spacial score (nSPS) is 20.2. The number of ether oxygens (including phenoxy) is 1. The van der Waals surface area contributed by atoms with Gasteiger partial charge in [0.1, 0.15) is 12.9 Å². The van der Waals surface area contributed by atoms with E-state index in [1.807, 2.05) is 37.3 Å². The van der Waals surface area contributed by atoms with Crippen molar-refractivity contribution < 1.29 is 14.3 Å². The molecule has 0 bridgehead atoms. The Labute approximate surface area is 119 Å². The van der Waals surface area contributed by atoms with Gasteiger partial charge in [-0.05, 0) is 24.8 Å². The van der Waals surface area contributed by atoms with Crippen LogP contribution in [0.15, 0.2) is 30.3 Å². The minimum atomic E-state index is -0.313. The lowest BCUT2D eigenvalue weighted by Crippen LogP contribution is -2.47. The Morgan fingerprint density at radius 3 is 2.85 bits per heavy atom. The van der Waals surface area contributed by atoms with Crippen molar-refractivity contribution in [2.24, 2.45) is 5.92 Å². The monoisotopic (exact) mass is 275 g/mol. The molecular weight excluding hydrogens is 254 g/mol. The van der Waals surface area contributed by atoms with E-state index in [1.54, 1.807) is 4.90 Å². The average Bonchev–Trinajstić information content (AvgIpc) is 2.52. The molecule has 108 valence electrons. The van der Waals surface area contributed by atoms with Gasteiger partial charge in [0.05, 0.1) is 0 Å². The van der Waals surface area contributed by atoms with Gasteiger partial charge in [0, 0.05) is 18.5 Å². The van der Waals surface area contributed by atoms with Crippen LogP contribution in [0.25, 0.3) is 0 Å². The maximum atomic E-state index is 12.2. The number of likely N-dealkylation sites (tertiary alicyclic amines) is 1. The lowest BCUT2D eigenvalue weighted by molar-refractivity contribution is -0.112. The van der Waals surface area contributed by atoms with Gasteiger partial charge in [0.2, 0.25) is 0 Å². The fourth-order valence-corrected chi connectivity index (χ4v) is 2.62. The number of nitrogens with zero attached hydrogens (tertiary/aromatic N) is 1. The first kappa shape index (κ1) is 14.6. The standard InChI is InChI=1S/C16H21NO3/c1-13(11-18)15-9-5-6-10-17(15)16(19)20-12-14-7-3-2-4-8-14/h2-4,7-8,11,13,15H,5-6,9-10,12H2,1H3/t13-,15+/m1/s1. The third-order valence-corrected chi connectivity index (χ3v) is 3.81. The number of rotatable bonds is 4. The van der Waals surface area contributed by atoms with Crippen LogP contribution in [0.2, 0.25) is 0 Å². The molecule has 0 spiro atoms. The number of hydrogen-bond acceptors (Lipinski definition) is 3. The van der Waals surface area contributed by atoms with Crippen LogP contribution in [0.1, 0.15) is 31.7 Å². The smallest absolute Gasteiger partial charge is 0.410 e. The van der Waals surface area contributed by atoms with Gasteiger partial charge < -0.3 is 14.4 Å². The van der Waals surface area contributed by atoms with Crippen LogP contribution in [0.3, 0.4) is 0 Å². The van der Waals surface area contributed by atoms with Crippen molar-refractivity contribution in [1.82, 2.24) is 4.90 Å². The van der Waals surface area contributed by atoms with Crippen LogP contribution >= 0.6 is 0 Å². The van der Waals surface area contributed by atoms with Crippen molar-refractivity contribution in [3.63, 3.8) is 0 Å². The van der Waals surface area contributed by atoms with Gasteiger partial charge in [-0.25, -0.2) is 4.79 Å². The zero-order valence-corrected chi connectivity index (χ0v) is 11.8. The number of carbonyl (C=O) groups is 2. The molecule has 1 amide bonds. The van der Waals surface area contributed by atoms with Crippen LogP contribution in [0.4, 0.5) is 4.79 Å². The summed E-state index contributed by atoms with van der Waals surface area (Å²) in [6.07, 6.45) is 3.52. The minimum absolute atomic E-state index is 0.0236. The van der Waals surface area contributed by atoms with E-state index in [0.717, 1.165) is 31.1 Å². The van der Waals surface area contributed by atoms with E-state index in [4.69, 9.17) is 4.74 Å². The Hall–Kier alpha value is -1.84. The van der Waals surface area contributed by atoms with Crippen LogP contribution < -0.4 is 0 Å². The van der Waals surface area contributed by atoms with Crippen molar-refractivity contribution >= 4 is 12.4 Å². The highest BCUT2D eigenvalue weighted by atomic mass is 16.6. The van der Waals surface area contributed by atoms with Gasteiger partial charge >= 0.3 is 6.09 Å². The van der Waals surface area contributed by atoms with Gasteiger partial charge in [-0.2, -0.15) is 0 Å². The first-order valence-corrected chi connectivity index (χ1v) is 7.15. The van der Waals surface area contributed by atoms with E-state index in [9.17, 15) is 9.59 Å². The number of benzene rings is 1. The molecule has 0 N–H and O–H groups in total. The van der Waals surface area contributed by atoms with Crippen LogP contribution in [-0.4, -0.2) is 29.9 Å².